The fourth-order valence-electron chi connectivity index (χ4n) is 1.59. The van der Waals surface area contributed by atoms with Crippen LogP contribution in [0.3, 0.4) is 0 Å². The number of nitrogens with zero attached hydrogens (tertiary/aromatic N) is 1. The zero-order valence-corrected chi connectivity index (χ0v) is 12.1. The van der Waals surface area contributed by atoms with Gasteiger partial charge in [-0.05, 0) is 30.8 Å². The number of rotatable bonds is 5. The summed E-state index contributed by atoms with van der Waals surface area (Å²) >= 11 is 3.37. The van der Waals surface area contributed by atoms with Crippen LogP contribution in [-0.2, 0) is 6.54 Å². The van der Waals surface area contributed by atoms with Crippen LogP contribution in [0.2, 0.25) is 0 Å². The molecule has 0 spiro atoms. The van der Waals surface area contributed by atoms with E-state index in [-0.39, 0.29) is 5.82 Å². The molecule has 1 heterocycles. The molecule has 0 atom stereocenters. The minimum Gasteiger partial charge on any atom is -0.439 e. The number of ether oxygens (including phenoxy) is 1. The molecule has 1 aromatic carbocycles. The molecule has 0 fully saturated rings. The van der Waals surface area contributed by atoms with Crippen molar-refractivity contribution in [2.75, 3.05) is 6.54 Å². The van der Waals surface area contributed by atoms with Crippen molar-refractivity contribution in [3.63, 3.8) is 0 Å². The first-order valence-corrected chi connectivity index (χ1v) is 6.77. The van der Waals surface area contributed by atoms with Gasteiger partial charge in [-0.15, -0.1) is 0 Å². The van der Waals surface area contributed by atoms with Crippen molar-refractivity contribution in [1.82, 2.24) is 10.3 Å². The van der Waals surface area contributed by atoms with Crippen LogP contribution in [0.15, 0.2) is 41.0 Å². The van der Waals surface area contributed by atoms with E-state index >= 15 is 0 Å². The zero-order chi connectivity index (χ0) is 13.7. The van der Waals surface area contributed by atoms with Gasteiger partial charge in [0.05, 0.1) is 6.20 Å². The number of benzene rings is 1. The van der Waals surface area contributed by atoms with Gasteiger partial charge < -0.3 is 10.1 Å². The summed E-state index contributed by atoms with van der Waals surface area (Å²) in [5.74, 6) is 0.709. The summed E-state index contributed by atoms with van der Waals surface area (Å²) in [6, 6.07) is 8.87. The molecule has 0 saturated carbocycles. The second kappa shape index (κ2) is 6.63. The fourth-order valence-corrected chi connectivity index (χ4v) is 1.97. The van der Waals surface area contributed by atoms with Crippen LogP contribution in [0, 0.1) is 5.82 Å². The Morgan fingerprint density at radius 1 is 1.37 bits per heavy atom. The molecule has 0 aliphatic rings. The smallest absolute Gasteiger partial charge is 0.223 e. The van der Waals surface area contributed by atoms with Crippen LogP contribution in [-0.4, -0.2) is 11.5 Å². The summed E-state index contributed by atoms with van der Waals surface area (Å²) in [6.45, 7) is 3.30. The summed E-state index contributed by atoms with van der Waals surface area (Å²) in [5.41, 5.74) is 0.696. The average Bonchev–Trinajstić information content (AvgIpc) is 2.39. The maximum Gasteiger partial charge on any atom is 0.223 e. The molecule has 0 bridgehead atoms. The number of halogens is 2. The maximum atomic E-state index is 13.2. The van der Waals surface area contributed by atoms with Crippen molar-refractivity contribution in [2.24, 2.45) is 0 Å². The number of pyridine rings is 1. The Kier molecular flexibility index (Phi) is 4.87. The van der Waals surface area contributed by atoms with Crippen LogP contribution in [0.1, 0.15) is 12.5 Å². The van der Waals surface area contributed by atoms with E-state index in [9.17, 15) is 4.39 Å². The Morgan fingerprint density at radius 3 is 2.95 bits per heavy atom. The van der Waals surface area contributed by atoms with Crippen molar-refractivity contribution < 1.29 is 9.13 Å². The number of hydrogen-bond donors (Lipinski definition) is 1. The molecule has 2 rings (SSSR count). The molecule has 5 heteroatoms. The molecule has 0 aliphatic heterocycles. The highest BCUT2D eigenvalue weighted by atomic mass is 79.9. The van der Waals surface area contributed by atoms with E-state index in [1.54, 1.807) is 0 Å². The summed E-state index contributed by atoms with van der Waals surface area (Å²) in [4.78, 5) is 4.00. The van der Waals surface area contributed by atoms with Gasteiger partial charge in [0.25, 0.3) is 0 Å². The highest BCUT2D eigenvalue weighted by Gasteiger charge is 2.08. The van der Waals surface area contributed by atoms with Crippen molar-refractivity contribution in [1.29, 1.82) is 0 Å². The Hall–Kier alpha value is -1.46. The lowest BCUT2D eigenvalue weighted by molar-refractivity contribution is 0.448. The lowest BCUT2D eigenvalue weighted by atomic mass is 10.2. The Labute approximate surface area is 119 Å². The van der Waals surface area contributed by atoms with Gasteiger partial charge in [-0.1, -0.05) is 28.9 Å². The second-order valence-corrected chi connectivity index (χ2v) is 4.87. The lowest BCUT2D eigenvalue weighted by Crippen LogP contribution is -2.13. The minimum atomic E-state index is -0.366. The maximum absolute atomic E-state index is 13.2. The third-order valence-corrected chi connectivity index (χ3v) is 2.96. The molecule has 0 unspecified atom stereocenters. The van der Waals surface area contributed by atoms with Gasteiger partial charge in [-0.2, -0.15) is 0 Å². The first-order chi connectivity index (χ1) is 9.19. The van der Waals surface area contributed by atoms with Crippen LogP contribution >= 0.6 is 15.9 Å². The molecule has 1 aromatic heterocycles. The lowest BCUT2D eigenvalue weighted by Gasteiger charge is -2.10. The van der Waals surface area contributed by atoms with Crippen molar-refractivity contribution >= 4 is 15.9 Å². The van der Waals surface area contributed by atoms with Crippen LogP contribution in [0.5, 0.6) is 11.6 Å². The molecule has 0 aliphatic carbocycles. The van der Waals surface area contributed by atoms with Gasteiger partial charge in [-0.25, -0.2) is 9.37 Å². The van der Waals surface area contributed by atoms with E-state index in [2.05, 4.69) is 26.2 Å². The van der Waals surface area contributed by atoms with Gasteiger partial charge in [0.15, 0.2) is 0 Å². The highest BCUT2D eigenvalue weighted by molar-refractivity contribution is 9.10. The van der Waals surface area contributed by atoms with Crippen molar-refractivity contribution in [3.05, 3.63) is 52.4 Å². The number of aromatic nitrogens is 1. The predicted molar refractivity (Wildman–Crippen MR) is 75.8 cm³/mol. The fraction of sp³-hybridized carbons (Fsp3) is 0.214. The molecular formula is C14H14BrFN2O. The van der Waals surface area contributed by atoms with Gasteiger partial charge in [0.1, 0.15) is 11.6 Å². The first-order valence-electron chi connectivity index (χ1n) is 5.97. The highest BCUT2D eigenvalue weighted by Crippen LogP contribution is 2.25. The monoisotopic (exact) mass is 324 g/mol. The molecule has 19 heavy (non-hydrogen) atoms. The molecule has 100 valence electrons. The zero-order valence-electron chi connectivity index (χ0n) is 10.5. The molecular weight excluding hydrogens is 311 g/mol. The molecule has 0 amide bonds. The van der Waals surface area contributed by atoms with E-state index in [1.165, 1.54) is 6.07 Å². The second-order valence-electron chi connectivity index (χ2n) is 3.96. The van der Waals surface area contributed by atoms with Gasteiger partial charge in [-0.3, -0.25) is 0 Å². The quantitative estimate of drug-likeness (QED) is 0.906. The van der Waals surface area contributed by atoms with E-state index < -0.39 is 0 Å². The third kappa shape index (κ3) is 4.01. The van der Waals surface area contributed by atoms with Crippen LogP contribution in [0.4, 0.5) is 4.39 Å². The van der Waals surface area contributed by atoms with Crippen LogP contribution < -0.4 is 10.1 Å². The Bertz CT molecular complexity index is 563. The van der Waals surface area contributed by atoms with E-state index in [0.717, 1.165) is 17.2 Å². The number of hydrogen-bond acceptors (Lipinski definition) is 3. The van der Waals surface area contributed by atoms with E-state index in [1.807, 2.05) is 31.2 Å². The molecule has 0 saturated heterocycles. The van der Waals surface area contributed by atoms with Crippen molar-refractivity contribution in [2.45, 2.75) is 13.5 Å². The molecule has 1 N–H and O–H groups in total. The van der Waals surface area contributed by atoms with Gasteiger partial charge >= 0.3 is 0 Å². The van der Waals surface area contributed by atoms with Crippen molar-refractivity contribution in [3.8, 4) is 11.6 Å². The SMILES string of the molecule is CCNCc1cc(F)cnc1Oc1cccc(Br)c1. The Balaban J connectivity index is 2.23. The first kappa shape index (κ1) is 14.0. The minimum absolute atomic E-state index is 0.366. The molecule has 2 aromatic rings. The largest absolute Gasteiger partial charge is 0.439 e. The summed E-state index contributed by atoms with van der Waals surface area (Å²) in [5, 5.41) is 3.13. The van der Waals surface area contributed by atoms with E-state index in [4.69, 9.17) is 4.74 Å². The molecule has 0 radical (unpaired) electrons. The normalized spacial score (nSPS) is 10.5. The van der Waals surface area contributed by atoms with Crippen LogP contribution in [0.25, 0.3) is 0 Å². The summed E-state index contributed by atoms with van der Waals surface area (Å²) < 4.78 is 19.8. The third-order valence-electron chi connectivity index (χ3n) is 2.47. The topological polar surface area (TPSA) is 34.2 Å². The predicted octanol–water partition coefficient (Wildman–Crippen LogP) is 3.89. The van der Waals surface area contributed by atoms with Gasteiger partial charge in [0.2, 0.25) is 5.88 Å². The number of nitrogens with one attached hydrogen (secondary N) is 1. The molecule has 3 nitrogen and oxygen atoms in total. The summed E-state index contributed by atoms with van der Waals surface area (Å²) in [6.07, 6.45) is 1.16. The summed E-state index contributed by atoms with van der Waals surface area (Å²) in [7, 11) is 0. The standard InChI is InChI=1S/C14H14BrFN2O/c1-2-17-8-10-6-12(16)9-18-14(10)19-13-5-3-4-11(15)7-13/h3-7,9,17H,2,8H2,1H3. The van der Waals surface area contributed by atoms with Gasteiger partial charge in [0, 0.05) is 16.6 Å². The Morgan fingerprint density at radius 2 is 2.21 bits per heavy atom. The van der Waals surface area contributed by atoms with E-state index in [0.29, 0.717) is 23.7 Å². The average molecular weight is 325 g/mol.